The van der Waals surface area contributed by atoms with Gasteiger partial charge in [-0.25, -0.2) is 4.98 Å². The second-order valence-corrected chi connectivity index (χ2v) is 3.97. The van der Waals surface area contributed by atoms with Crippen LogP contribution >= 0.6 is 0 Å². The zero-order valence-electron chi connectivity index (χ0n) is 7.21. The predicted molar refractivity (Wildman–Crippen MR) is 49.3 cm³/mol. The molecule has 0 aromatic carbocycles. The number of allylic oxidation sites excluding steroid dienone is 1. The number of hydrogen-bond donors (Lipinski definition) is 1. The van der Waals surface area contributed by atoms with E-state index in [4.69, 9.17) is 0 Å². The summed E-state index contributed by atoms with van der Waals surface area (Å²) in [5.41, 5.74) is 2.06. The van der Waals surface area contributed by atoms with Crippen LogP contribution in [0.2, 0.25) is 0 Å². The van der Waals surface area contributed by atoms with Crippen molar-refractivity contribution in [1.82, 2.24) is 9.97 Å². The highest BCUT2D eigenvalue weighted by Crippen LogP contribution is 2.51. The van der Waals surface area contributed by atoms with Gasteiger partial charge in [0.15, 0.2) is 0 Å². The molecule has 0 unspecified atom stereocenters. The van der Waals surface area contributed by atoms with Crippen molar-refractivity contribution in [1.29, 1.82) is 0 Å². The maximum absolute atomic E-state index is 11.4. The number of fused-ring (bicyclic) bond motifs is 1. The summed E-state index contributed by atoms with van der Waals surface area (Å²) in [4.78, 5) is 18.2. The van der Waals surface area contributed by atoms with E-state index in [1.807, 2.05) is 6.08 Å². The monoisotopic (exact) mass is 174 g/mol. The fraction of sp³-hybridized carbons (Fsp3) is 0.400. The van der Waals surface area contributed by atoms with Crippen molar-refractivity contribution >= 4 is 6.08 Å². The van der Waals surface area contributed by atoms with Crippen molar-refractivity contribution in [2.24, 2.45) is 5.41 Å². The second-order valence-electron chi connectivity index (χ2n) is 3.97. The molecule has 1 N–H and O–H groups in total. The van der Waals surface area contributed by atoms with Crippen LogP contribution in [-0.2, 0) is 6.42 Å². The lowest BCUT2D eigenvalue weighted by atomic mass is 9.91. The number of H-pyrrole nitrogens is 1. The van der Waals surface area contributed by atoms with Gasteiger partial charge < -0.3 is 4.98 Å². The molecule has 2 aliphatic carbocycles. The van der Waals surface area contributed by atoms with Gasteiger partial charge >= 0.3 is 0 Å². The van der Waals surface area contributed by atoms with E-state index in [-0.39, 0.29) is 5.56 Å². The summed E-state index contributed by atoms with van der Waals surface area (Å²) in [5.74, 6) is 0. The first-order valence-electron chi connectivity index (χ1n) is 4.55. The van der Waals surface area contributed by atoms with E-state index >= 15 is 0 Å². The third-order valence-electron chi connectivity index (χ3n) is 3.00. The molecule has 3 rings (SSSR count). The molecule has 1 aromatic heterocycles. The lowest BCUT2D eigenvalue weighted by molar-refractivity contribution is 0.632. The molecule has 0 amide bonds. The average molecular weight is 174 g/mol. The van der Waals surface area contributed by atoms with E-state index in [1.54, 1.807) is 0 Å². The average Bonchev–Trinajstić information content (AvgIpc) is 2.88. The van der Waals surface area contributed by atoms with Crippen LogP contribution in [0.15, 0.2) is 17.2 Å². The zero-order valence-corrected chi connectivity index (χ0v) is 7.21. The van der Waals surface area contributed by atoms with E-state index in [0.717, 1.165) is 17.7 Å². The first-order chi connectivity index (χ1) is 6.29. The molecule has 3 heteroatoms. The smallest absolute Gasteiger partial charge is 0.254 e. The number of rotatable bonds is 0. The summed E-state index contributed by atoms with van der Waals surface area (Å²) < 4.78 is 0. The summed E-state index contributed by atoms with van der Waals surface area (Å²) in [7, 11) is 0. The Morgan fingerprint density at radius 1 is 1.46 bits per heavy atom. The standard InChI is InChI=1S/C10H10N2O/c13-9-7-5-10(3-4-10)2-1-8(7)11-6-12-9/h1-2,6H,3-5H2,(H,11,12,13). The van der Waals surface area contributed by atoms with Crippen LogP contribution in [0.4, 0.5) is 0 Å². The second kappa shape index (κ2) is 2.10. The Bertz CT molecular complexity index is 440. The molecule has 13 heavy (non-hydrogen) atoms. The van der Waals surface area contributed by atoms with Gasteiger partial charge in [-0.3, -0.25) is 4.79 Å². The first kappa shape index (κ1) is 7.06. The van der Waals surface area contributed by atoms with E-state index < -0.39 is 0 Å². The largest absolute Gasteiger partial charge is 0.313 e. The maximum atomic E-state index is 11.4. The molecule has 1 saturated carbocycles. The molecule has 0 bridgehead atoms. The van der Waals surface area contributed by atoms with Crippen molar-refractivity contribution < 1.29 is 0 Å². The molecular formula is C10H10N2O. The molecule has 0 radical (unpaired) electrons. The van der Waals surface area contributed by atoms with E-state index in [1.165, 1.54) is 19.2 Å². The highest BCUT2D eigenvalue weighted by atomic mass is 16.1. The Hall–Kier alpha value is -1.38. The van der Waals surface area contributed by atoms with Crippen LogP contribution in [0, 0.1) is 5.41 Å². The molecular weight excluding hydrogens is 164 g/mol. The molecule has 0 atom stereocenters. The van der Waals surface area contributed by atoms with Gasteiger partial charge in [0, 0.05) is 5.56 Å². The van der Waals surface area contributed by atoms with Crippen LogP contribution in [0.1, 0.15) is 24.1 Å². The van der Waals surface area contributed by atoms with E-state index in [0.29, 0.717) is 5.41 Å². The van der Waals surface area contributed by atoms with Gasteiger partial charge in [-0.1, -0.05) is 6.08 Å². The van der Waals surface area contributed by atoms with Crippen LogP contribution in [0.25, 0.3) is 6.08 Å². The van der Waals surface area contributed by atoms with Crippen molar-refractivity contribution in [2.75, 3.05) is 0 Å². The van der Waals surface area contributed by atoms with E-state index in [9.17, 15) is 4.79 Å². The molecule has 0 saturated heterocycles. The van der Waals surface area contributed by atoms with Crippen LogP contribution in [0.3, 0.4) is 0 Å². The Labute approximate surface area is 75.5 Å². The lowest BCUT2D eigenvalue weighted by Crippen LogP contribution is -2.21. The normalized spacial score (nSPS) is 21.5. The Morgan fingerprint density at radius 3 is 3.08 bits per heavy atom. The topological polar surface area (TPSA) is 45.8 Å². The third kappa shape index (κ3) is 0.963. The summed E-state index contributed by atoms with van der Waals surface area (Å²) in [6.07, 6.45) is 8.98. The SMILES string of the molecule is O=c1[nH]cnc2c1CC1(C=C2)CC1. The fourth-order valence-electron chi connectivity index (χ4n) is 1.93. The van der Waals surface area contributed by atoms with Gasteiger partial charge in [0.1, 0.15) is 0 Å². The number of hydrogen-bond acceptors (Lipinski definition) is 2. The van der Waals surface area contributed by atoms with Crippen LogP contribution in [0.5, 0.6) is 0 Å². The molecule has 2 aliphatic rings. The van der Waals surface area contributed by atoms with Gasteiger partial charge in [-0.05, 0) is 30.8 Å². The van der Waals surface area contributed by atoms with Gasteiger partial charge in [-0.15, -0.1) is 0 Å². The summed E-state index contributed by atoms with van der Waals surface area (Å²) in [6.45, 7) is 0. The van der Waals surface area contributed by atoms with Crippen LogP contribution < -0.4 is 5.56 Å². The van der Waals surface area contributed by atoms with Gasteiger partial charge in [0.05, 0.1) is 12.0 Å². The summed E-state index contributed by atoms with van der Waals surface area (Å²) in [5, 5.41) is 0. The Morgan fingerprint density at radius 2 is 2.31 bits per heavy atom. The fourth-order valence-corrected chi connectivity index (χ4v) is 1.93. The van der Waals surface area contributed by atoms with Crippen molar-refractivity contribution in [3.63, 3.8) is 0 Å². The molecule has 3 nitrogen and oxygen atoms in total. The minimum Gasteiger partial charge on any atom is -0.313 e. The van der Waals surface area contributed by atoms with Crippen molar-refractivity contribution in [3.8, 4) is 0 Å². The minimum absolute atomic E-state index is 0.0284. The highest BCUT2D eigenvalue weighted by Gasteiger charge is 2.42. The number of nitrogens with zero attached hydrogens (tertiary/aromatic N) is 1. The van der Waals surface area contributed by atoms with Crippen molar-refractivity contribution in [3.05, 3.63) is 34.0 Å². The van der Waals surface area contributed by atoms with Crippen molar-refractivity contribution in [2.45, 2.75) is 19.3 Å². The first-order valence-corrected chi connectivity index (χ1v) is 4.55. The van der Waals surface area contributed by atoms with Crippen LogP contribution in [-0.4, -0.2) is 9.97 Å². The molecule has 1 heterocycles. The number of aromatic nitrogens is 2. The Balaban J connectivity index is 2.20. The minimum atomic E-state index is 0.0284. The van der Waals surface area contributed by atoms with Gasteiger partial charge in [-0.2, -0.15) is 0 Å². The predicted octanol–water partition coefficient (Wildman–Crippen LogP) is 1.12. The molecule has 0 aliphatic heterocycles. The molecule has 1 spiro atoms. The molecule has 1 aromatic rings. The quantitative estimate of drug-likeness (QED) is 0.640. The van der Waals surface area contributed by atoms with E-state index in [2.05, 4.69) is 16.0 Å². The van der Waals surface area contributed by atoms with Gasteiger partial charge in [0.2, 0.25) is 0 Å². The molecule has 66 valence electrons. The van der Waals surface area contributed by atoms with Gasteiger partial charge in [0.25, 0.3) is 5.56 Å². The zero-order chi connectivity index (χ0) is 8.89. The Kier molecular flexibility index (Phi) is 1.14. The number of aromatic amines is 1. The number of nitrogens with one attached hydrogen (secondary N) is 1. The molecule has 1 fully saturated rings. The maximum Gasteiger partial charge on any atom is 0.254 e. The third-order valence-corrected chi connectivity index (χ3v) is 3.00. The summed E-state index contributed by atoms with van der Waals surface area (Å²) >= 11 is 0. The lowest BCUT2D eigenvalue weighted by Gasteiger charge is -2.15. The summed E-state index contributed by atoms with van der Waals surface area (Å²) in [6, 6.07) is 0. The highest BCUT2D eigenvalue weighted by molar-refractivity contribution is 5.54.